The maximum atomic E-state index is 13.2. The molecular weight excluding hydrogens is 406 g/mol. The summed E-state index contributed by atoms with van der Waals surface area (Å²) >= 11 is 0. The third-order valence-corrected chi connectivity index (χ3v) is 5.72. The summed E-state index contributed by atoms with van der Waals surface area (Å²) in [5, 5.41) is 3.48. The van der Waals surface area contributed by atoms with Gasteiger partial charge in [-0.2, -0.15) is 0 Å². The zero-order chi connectivity index (χ0) is 22.7. The standard InChI is InChI=1S/C25H27N3O4/c1-16(2)28-13-12-22-20(14-28)24(19-6-4-5-7-21(19)27-22)25(30)32-15-23(29)26-17-8-10-18(31-3)11-9-17/h4-11,16H,12-15H2,1-3H3,(H,26,29). The summed E-state index contributed by atoms with van der Waals surface area (Å²) in [4.78, 5) is 32.6. The molecule has 0 saturated heterocycles. The van der Waals surface area contributed by atoms with Gasteiger partial charge in [-0.15, -0.1) is 0 Å². The van der Waals surface area contributed by atoms with Crippen LogP contribution in [0.3, 0.4) is 0 Å². The summed E-state index contributed by atoms with van der Waals surface area (Å²) in [7, 11) is 1.58. The number of nitrogens with one attached hydrogen (secondary N) is 1. The molecule has 1 amide bonds. The molecule has 166 valence electrons. The molecule has 0 bridgehead atoms. The van der Waals surface area contributed by atoms with Crippen molar-refractivity contribution in [2.75, 3.05) is 25.6 Å². The number of benzene rings is 2. The Morgan fingerprint density at radius 1 is 1.12 bits per heavy atom. The molecule has 1 N–H and O–H groups in total. The summed E-state index contributed by atoms with van der Waals surface area (Å²) in [6.45, 7) is 5.44. The molecule has 0 aliphatic carbocycles. The van der Waals surface area contributed by atoms with Crippen LogP contribution in [0.1, 0.15) is 35.5 Å². The molecule has 0 saturated carbocycles. The Morgan fingerprint density at radius 2 is 1.88 bits per heavy atom. The van der Waals surface area contributed by atoms with Crippen LogP contribution in [0.15, 0.2) is 48.5 Å². The first-order valence-corrected chi connectivity index (χ1v) is 10.7. The fourth-order valence-electron chi connectivity index (χ4n) is 3.96. The van der Waals surface area contributed by atoms with Crippen LogP contribution in [0.2, 0.25) is 0 Å². The molecule has 0 unspecified atom stereocenters. The number of pyridine rings is 1. The van der Waals surface area contributed by atoms with E-state index in [1.165, 1.54) is 0 Å². The van der Waals surface area contributed by atoms with Gasteiger partial charge in [-0.05, 0) is 44.2 Å². The summed E-state index contributed by atoms with van der Waals surface area (Å²) in [5.41, 5.74) is 3.69. The Kier molecular flexibility index (Phi) is 6.37. The molecule has 1 aromatic heterocycles. The number of amides is 1. The predicted molar refractivity (Wildman–Crippen MR) is 123 cm³/mol. The van der Waals surface area contributed by atoms with Gasteiger partial charge in [0.15, 0.2) is 6.61 Å². The third kappa shape index (κ3) is 4.57. The Hall–Kier alpha value is -3.45. The van der Waals surface area contributed by atoms with E-state index in [1.807, 2.05) is 24.3 Å². The first kappa shape index (κ1) is 21.8. The van der Waals surface area contributed by atoms with Crippen molar-refractivity contribution in [2.45, 2.75) is 32.9 Å². The zero-order valence-corrected chi connectivity index (χ0v) is 18.6. The molecule has 4 rings (SSSR count). The lowest BCUT2D eigenvalue weighted by Crippen LogP contribution is -2.37. The van der Waals surface area contributed by atoms with Gasteiger partial charge >= 0.3 is 5.97 Å². The highest BCUT2D eigenvalue weighted by Gasteiger charge is 2.27. The topological polar surface area (TPSA) is 80.8 Å². The normalized spacial score (nSPS) is 13.6. The van der Waals surface area contributed by atoms with Gasteiger partial charge in [0.05, 0.1) is 18.2 Å². The molecule has 1 aliphatic heterocycles. The summed E-state index contributed by atoms with van der Waals surface area (Å²) in [5.74, 6) is -0.214. The minimum absolute atomic E-state index is 0.355. The molecule has 2 aromatic carbocycles. The lowest BCUT2D eigenvalue weighted by molar-refractivity contribution is -0.119. The molecule has 0 fully saturated rings. The maximum Gasteiger partial charge on any atom is 0.339 e. The molecule has 3 aromatic rings. The number of aromatic nitrogens is 1. The number of carbonyl (C=O) groups is 2. The first-order chi connectivity index (χ1) is 15.5. The van der Waals surface area contributed by atoms with E-state index < -0.39 is 11.9 Å². The number of nitrogens with zero attached hydrogens (tertiary/aromatic N) is 2. The molecule has 1 aliphatic rings. The van der Waals surface area contributed by atoms with E-state index in [0.29, 0.717) is 29.6 Å². The van der Waals surface area contributed by atoms with E-state index in [-0.39, 0.29) is 6.61 Å². The maximum absolute atomic E-state index is 13.2. The second-order valence-corrected chi connectivity index (χ2v) is 8.10. The number of carbonyl (C=O) groups excluding carboxylic acids is 2. The van der Waals surface area contributed by atoms with E-state index in [1.54, 1.807) is 31.4 Å². The second kappa shape index (κ2) is 9.36. The van der Waals surface area contributed by atoms with Crippen molar-refractivity contribution in [3.8, 4) is 5.75 Å². The molecule has 0 radical (unpaired) electrons. The lowest BCUT2D eigenvalue weighted by Gasteiger charge is -2.32. The molecular formula is C25H27N3O4. The van der Waals surface area contributed by atoms with E-state index in [0.717, 1.165) is 35.1 Å². The molecule has 2 heterocycles. The quantitative estimate of drug-likeness (QED) is 0.596. The zero-order valence-electron chi connectivity index (χ0n) is 18.6. The second-order valence-electron chi connectivity index (χ2n) is 8.10. The molecule has 32 heavy (non-hydrogen) atoms. The molecule has 0 atom stereocenters. The monoisotopic (exact) mass is 433 g/mol. The van der Waals surface area contributed by atoms with Crippen LogP contribution in [-0.2, 0) is 22.5 Å². The third-order valence-electron chi connectivity index (χ3n) is 5.72. The number of ether oxygens (including phenoxy) is 2. The lowest BCUT2D eigenvalue weighted by atomic mass is 9.95. The van der Waals surface area contributed by atoms with Gasteiger partial charge in [0.1, 0.15) is 5.75 Å². The number of esters is 1. The van der Waals surface area contributed by atoms with Crippen LogP contribution in [0.5, 0.6) is 5.75 Å². The fourth-order valence-corrected chi connectivity index (χ4v) is 3.96. The van der Waals surface area contributed by atoms with Crippen molar-refractivity contribution in [1.29, 1.82) is 0 Å². The average Bonchev–Trinajstić information content (AvgIpc) is 2.81. The number of hydrogen-bond acceptors (Lipinski definition) is 6. The summed E-state index contributed by atoms with van der Waals surface area (Å²) in [6, 6.07) is 14.9. The minimum atomic E-state index is -0.504. The highest BCUT2D eigenvalue weighted by Crippen LogP contribution is 2.29. The van der Waals surface area contributed by atoms with E-state index >= 15 is 0 Å². The van der Waals surface area contributed by atoms with E-state index in [4.69, 9.17) is 14.5 Å². The number of hydrogen-bond donors (Lipinski definition) is 1. The number of rotatable bonds is 6. The van der Waals surface area contributed by atoms with Crippen LogP contribution >= 0.6 is 0 Å². The van der Waals surface area contributed by atoms with Gasteiger partial charge in [0.25, 0.3) is 5.91 Å². The first-order valence-electron chi connectivity index (χ1n) is 10.7. The fraction of sp³-hybridized carbons (Fsp3) is 0.320. The smallest absolute Gasteiger partial charge is 0.339 e. The number of methoxy groups -OCH3 is 1. The van der Waals surface area contributed by atoms with Crippen LogP contribution in [-0.4, -0.2) is 48.1 Å². The van der Waals surface area contributed by atoms with Crippen molar-refractivity contribution in [3.63, 3.8) is 0 Å². The Bertz CT molecular complexity index is 1140. The van der Waals surface area contributed by atoms with Gasteiger partial charge in [-0.1, -0.05) is 18.2 Å². The Labute approximate surface area is 187 Å². The Morgan fingerprint density at radius 3 is 2.59 bits per heavy atom. The van der Waals surface area contributed by atoms with Crippen molar-refractivity contribution in [3.05, 3.63) is 65.4 Å². The van der Waals surface area contributed by atoms with Crippen molar-refractivity contribution < 1.29 is 19.1 Å². The van der Waals surface area contributed by atoms with Gasteiger partial charge < -0.3 is 14.8 Å². The van der Waals surface area contributed by atoms with Crippen LogP contribution < -0.4 is 10.1 Å². The largest absolute Gasteiger partial charge is 0.497 e. The van der Waals surface area contributed by atoms with Crippen LogP contribution in [0.4, 0.5) is 5.69 Å². The molecule has 7 nitrogen and oxygen atoms in total. The van der Waals surface area contributed by atoms with Crippen LogP contribution in [0.25, 0.3) is 10.9 Å². The molecule has 0 spiro atoms. The van der Waals surface area contributed by atoms with Crippen molar-refractivity contribution >= 4 is 28.5 Å². The average molecular weight is 434 g/mol. The van der Waals surface area contributed by atoms with Gasteiger partial charge in [0.2, 0.25) is 0 Å². The van der Waals surface area contributed by atoms with Gasteiger partial charge in [-0.3, -0.25) is 14.7 Å². The minimum Gasteiger partial charge on any atom is -0.497 e. The number of anilines is 1. The number of para-hydroxylation sites is 1. The highest BCUT2D eigenvalue weighted by molar-refractivity contribution is 6.06. The highest BCUT2D eigenvalue weighted by atomic mass is 16.5. The van der Waals surface area contributed by atoms with Gasteiger partial charge in [-0.25, -0.2) is 4.79 Å². The summed E-state index contributed by atoms with van der Waals surface area (Å²) < 4.78 is 10.6. The SMILES string of the molecule is COc1ccc(NC(=O)COC(=O)c2c3c(nc4ccccc24)CCN(C(C)C)C3)cc1. The predicted octanol–water partition coefficient (Wildman–Crippen LogP) is 3.81. The van der Waals surface area contributed by atoms with Crippen molar-refractivity contribution in [1.82, 2.24) is 9.88 Å². The number of fused-ring (bicyclic) bond motifs is 2. The van der Waals surface area contributed by atoms with Crippen LogP contribution in [0, 0.1) is 0 Å². The van der Waals surface area contributed by atoms with Crippen molar-refractivity contribution in [2.24, 2.45) is 0 Å². The Balaban J connectivity index is 1.54. The van der Waals surface area contributed by atoms with Gasteiger partial charge in [0, 0.05) is 47.9 Å². The molecule has 7 heteroatoms. The van der Waals surface area contributed by atoms with E-state index in [9.17, 15) is 9.59 Å². The van der Waals surface area contributed by atoms with E-state index in [2.05, 4.69) is 24.1 Å². The summed E-state index contributed by atoms with van der Waals surface area (Å²) in [6.07, 6.45) is 0.774.